The fraction of sp³-hybridized carbons (Fsp3) is 0. The third-order valence-corrected chi connectivity index (χ3v) is 9.58. The van der Waals surface area contributed by atoms with Crippen LogP contribution in [0.5, 0.6) is 0 Å². The van der Waals surface area contributed by atoms with Gasteiger partial charge in [0, 0.05) is 16.7 Å². The Morgan fingerprint density at radius 1 is 0.231 bits per heavy atom. The average Bonchev–Trinajstić information content (AvgIpc) is 3.24. The van der Waals surface area contributed by atoms with Crippen LogP contribution in [0.15, 0.2) is 200 Å². The van der Waals surface area contributed by atoms with Crippen molar-refractivity contribution in [3.8, 4) is 78.7 Å². The summed E-state index contributed by atoms with van der Waals surface area (Å²) in [4.78, 5) is 15.0. The van der Waals surface area contributed by atoms with E-state index in [1.807, 2.05) is 36.4 Å². The molecule has 0 N–H and O–H groups in total. The number of hydrogen-bond donors (Lipinski definition) is 0. The van der Waals surface area contributed by atoms with E-state index in [9.17, 15) is 0 Å². The second kappa shape index (κ2) is 13.7. The summed E-state index contributed by atoms with van der Waals surface area (Å²) < 4.78 is 0. The lowest BCUT2D eigenvalue weighted by atomic mass is 9.89. The average molecular weight is 664 g/mol. The Bertz CT molecular complexity index is 2620. The Hall–Kier alpha value is -6.97. The Balaban J connectivity index is 1.11. The number of aromatic nitrogens is 3. The molecule has 1 aromatic heterocycles. The van der Waals surface area contributed by atoms with Gasteiger partial charge in [-0.25, -0.2) is 15.0 Å². The van der Waals surface area contributed by atoms with Crippen molar-refractivity contribution < 1.29 is 0 Å². The molecule has 0 saturated heterocycles. The number of fused-ring (bicyclic) bond motifs is 1. The predicted molar refractivity (Wildman–Crippen MR) is 215 cm³/mol. The zero-order valence-electron chi connectivity index (χ0n) is 28.4. The molecule has 244 valence electrons. The molecular formula is C49H33N3. The zero-order chi connectivity index (χ0) is 34.7. The lowest BCUT2D eigenvalue weighted by Crippen LogP contribution is -2.00. The zero-order valence-corrected chi connectivity index (χ0v) is 28.4. The van der Waals surface area contributed by atoms with E-state index in [2.05, 4.69) is 164 Å². The first-order chi connectivity index (χ1) is 25.8. The van der Waals surface area contributed by atoms with Gasteiger partial charge in [-0.1, -0.05) is 200 Å². The number of hydrogen-bond acceptors (Lipinski definition) is 3. The first-order valence-electron chi connectivity index (χ1n) is 17.5. The second-order valence-electron chi connectivity index (χ2n) is 12.8. The third kappa shape index (κ3) is 6.17. The van der Waals surface area contributed by atoms with Gasteiger partial charge >= 0.3 is 0 Å². The van der Waals surface area contributed by atoms with E-state index in [0.29, 0.717) is 17.5 Å². The van der Waals surface area contributed by atoms with Gasteiger partial charge in [0.25, 0.3) is 0 Å². The lowest BCUT2D eigenvalue weighted by molar-refractivity contribution is 1.07. The van der Waals surface area contributed by atoms with Crippen molar-refractivity contribution in [3.63, 3.8) is 0 Å². The molecule has 0 amide bonds. The van der Waals surface area contributed by atoms with Crippen LogP contribution in [-0.2, 0) is 0 Å². The summed E-state index contributed by atoms with van der Waals surface area (Å²) in [6.07, 6.45) is 0. The highest BCUT2D eigenvalue weighted by Crippen LogP contribution is 2.39. The molecule has 3 nitrogen and oxygen atoms in total. The molecule has 0 radical (unpaired) electrons. The fourth-order valence-corrected chi connectivity index (χ4v) is 6.87. The van der Waals surface area contributed by atoms with Crippen LogP contribution in [0.4, 0.5) is 0 Å². The SMILES string of the molecule is c1ccc(-c2ccc(-c3nc(-c4ccccc4)nc(-c4ccc(-c5c(-c6ccc(-c7ccccc7)cc6)ccc6ccccc56)cc4)n3)cc2)cc1. The van der Waals surface area contributed by atoms with Gasteiger partial charge < -0.3 is 0 Å². The minimum atomic E-state index is 0.636. The van der Waals surface area contributed by atoms with Crippen LogP contribution in [0.1, 0.15) is 0 Å². The summed E-state index contributed by atoms with van der Waals surface area (Å²) in [5.41, 5.74) is 12.3. The standard InChI is InChI=1S/C49H33N3/c1-4-12-34(13-5-1)36-20-24-39(25-21-36)45-33-32-38-16-10-11-19-44(38)46(45)40-26-30-43(31-27-40)49-51-47(41-17-8-3-9-18-41)50-48(52-49)42-28-22-37(23-29-42)35-14-6-2-7-15-35/h1-33H. The van der Waals surface area contributed by atoms with E-state index in [0.717, 1.165) is 27.8 Å². The Kier molecular flexibility index (Phi) is 8.20. The number of benzene rings is 8. The van der Waals surface area contributed by atoms with Crippen molar-refractivity contribution in [3.05, 3.63) is 200 Å². The first-order valence-corrected chi connectivity index (χ1v) is 17.5. The molecule has 3 heteroatoms. The van der Waals surface area contributed by atoms with E-state index in [4.69, 9.17) is 15.0 Å². The van der Waals surface area contributed by atoms with Gasteiger partial charge in [-0.3, -0.25) is 0 Å². The molecule has 0 fully saturated rings. The molecular weight excluding hydrogens is 631 g/mol. The Labute approximate surface area is 303 Å². The maximum Gasteiger partial charge on any atom is 0.164 e. The lowest BCUT2D eigenvalue weighted by Gasteiger charge is -2.15. The smallest absolute Gasteiger partial charge is 0.164 e. The second-order valence-corrected chi connectivity index (χ2v) is 12.8. The Morgan fingerprint density at radius 2 is 0.577 bits per heavy atom. The van der Waals surface area contributed by atoms with Crippen molar-refractivity contribution >= 4 is 10.8 Å². The van der Waals surface area contributed by atoms with Gasteiger partial charge in [0.05, 0.1) is 0 Å². The summed E-state index contributed by atoms with van der Waals surface area (Å²) in [5.74, 6) is 1.92. The highest BCUT2D eigenvalue weighted by atomic mass is 15.0. The topological polar surface area (TPSA) is 38.7 Å². The van der Waals surface area contributed by atoms with Crippen molar-refractivity contribution in [2.24, 2.45) is 0 Å². The predicted octanol–water partition coefficient (Wildman–Crippen LogP) is 12.7. The van der Waals surface area contributed by atoms with E-state index in [-0.39, 0.29) is 0 Å². The Morgan fingerprint density at radius 3 is 1.08 bits per heavy atom. The molecule has 1 heterocycles. The van der Waals surface area contributed by atoms with Crippen molar-refractivity contribution in [1.29, 1.82) is 0 Å². The maximum absolute atomic E-state index is 5.03. The minimum Gasteiger partial charge on any atom is -0.208 e. The van der Waals surface area contributed by atoms with Crippen molar-refractivity contribution in [1.82, 2.24) is 15.0 Å². The molecule has 0 unspecified atom stereocenters. The molecule has 52 heavy (non-hydrogen) atoms. The number of nitrogens with zero attached hydrogens (tertiary/aromatic N) is 3. The third-order valence-electron chi connectivity index (χ3n) is 9.58. The molecule has 0 aliphatic heterocycles. The van der Waals surface area contributed by atoms with Crippen molar-refractivity contribution in [2.75, 3.05) is 0 Å². The molecule has 0 bridgehead atoms. The molecule has 8 aromatic carbocycles. The van der Waals surface area contributed by atoms with Gasteiger partial charge in [-0.05, 0) is 55.3 Å². The van der Waals surface area contributed by atoms with Crippen LogP contribution in [0.25, 0.3) is 89.4 Å². The van der Waals surface area contributed by atoms with E-state index in [1.54, 1.807) is 0 Å². The molecule has 0 aliphatic rings. The molecule has 0 spiro atoms. The monoisotopic (exact) mass is 663 g/mol. The largest absolute Gasteiger partial charge is 0.208 e. The maximum atomic E-state index is 5.03. The van der Waals surface area contributed by atoms with Crippen LogP contribution in [0, 0.1) is 0 Å². The molecule has 0 atom stereocenters. The molecule has 0 saturated carbocycles. The van der Waals surface area contributed by atoms with E-state index >= 15 is 0 Å². The van der Waals surface area contributed by atoms with Gasteiger partial charge in [0.15, 0.2) is 17.5 Å². The fourth-order valence-electron chi connectivity index (χ4n) is 6.87. The van der Waals surface area contributed by atoms with Gasteiger partial charge in [0.2, 0.25) is 0 Å². The van der Waals surface area contributed by atoms with Gasteiger partial charge in [-0.15, -0.1) is 0 Å². The first kappa shape index (κ1) is 31.0. The van der Waals surface area contributed by atoms with Crippen LogP contribution >= 0.6 is 0 Å². The highest BCUT2D eigenvalue weighted by molar-refractivity contribution is 6.04. The van der Waals surface area contributed by atoms with Crippen LogP contribution in [0.2, 0.25) is 0 Å². The summed E-state index contributed by atoms with van der Waals surface area (Å²) in [6, 6.07) is 70.1. The van der Waals surface area contributed by atoms with E-state index < -0.39 is 0 Å². The molecule has 9 rings (SSSR count). The van der Waals surface area contributed by atoms with Gasteiger partial charge in [0.1, 0.15) is 0 Å². The van der Waals surface area contributed by atoms with Crippen LogP contribution < -0.4 is 0 Å². The number of rotatable bonds is 7. The highest BCUT2D eigenvalue weighted by Gasteiger charge is 2.15. The molecule has 0 aliphatic carbocycles. The summed E-state index contributed by atoms with van der Waals surface area (Å²) in [6.45, 7) is 0. The van der Waals surface area contributed by atoms with E-state index in [1.165, 1.54) is 44.2 Å². The van der Waals surface area contributed by atoms with Gasteiger partial charge in [-0.2, -0.15) is 0 Å². The van der Waals surface area contributed by atoms with Crippen LogP contribution in [0.3, 0.4) is 0 Å². The normalized spacial score (nSPS) is 11.1. The van der Waals surface area contributed by atoms with Crippen molar-refractivity contribution in [2.45, 2.75) is 0 Å². The summed E-state index contributed by atoms with van der Waals surface area (Å²) in [5, 5.41) is 2.42. The molecule has 9 aromatic rings. The quantitative estimate of drug-likeness (QED) is 0.170. The summed E-state index contributed by atoms with van der Waals surface area (Å²) >= 11 is 0. The summed E-state index contributed by atoms with van der Waals surface area (Å²) in [7, 11) is 0. The van der Waals surface area contributed by atoms with Crippen LogP contribution in [-0.4, -0.2) is 15.0 Å². The minimum absolute atomic E-state index is 0.636.